The lowest BCUT2D eigenvalue weighted by Gasteiger charge is -2.21. The molecule has 0 aliphatic carbocycles. The Kier molecular flexibility index (Phi) is 5.83. The number of nitrogens with zero attached hydrogens (tertiary/aromatic N) is 2. The number of aryl methyl sites for hydroxylation is 2. The van der Waals surface area contributed by atoms with Crippen molar-refractivity contribution in [1.82, 2.24) is 9.21 Å². The summed E-state index contributed by atoms with van der Waals surface area (Å²) in [4.78, 5) is 2.28. The van der Waals surface area contributed by atoms with E-state index in [0.29, 0.717) is 19.7 Å². The van der Waals surface area contributed by atoms with Crippen molar-refractivity contribution in [3.63, 3.8) is 0 Å². The van der Waals surface area contributed by atoms with Gasteiger partial charge in [-0.1, -0.05) is 18.2 Å². The van der Waals surface area contributed by atoms with Gasteiger partial charge in [0.25, 0.3) is 0 Å². The van der Waals surface area contributed by atoms with Crippen LogP contribution in [0.1, 0.15) is 17.5 Å². The van der Waals surface area contributed by atoms with Crippen LogP contribution in [0.3, 0.4) is 0 Å². The molecule has 0 aromatic heterocycles. The molecule has 1 heterocycles. The van der Waals surface area contributed by atoms with Crippen LogP contribution in [0.15, 0.2) is 18.2 Å². The zero-order chi connectivity index (χ0) is 16.2. The fraction of sp³-hybridized carbons (Fsp3) is 0.625. The monoisotopic (exact) mass is 326 g/mol. The minimum Gasteiger partial charge on any atom is -0.492 e. The Morgan fingerprint density at radius 1 is 1.09 bits per heavy atom. The van der Waals surface area contributed by atoms with Gasteiger partial charge in [-0.15, -0.1) is 0 Å². The van der Waals surface area contributed by atoms with Crippen molar-refractivity contribution < 1.29 is 13.2 Å². The number of sulfonamides is 1. The van der Waals surface area contributed by atoms with Gasteiger partial charge >= 0.3 is 0 Å². The molecule has 0 radical (unpaired) electrons. The first-order valence-corrected chi connectivity index (χ1v) is 9.59. The van der Waals surface area contributed by atoms with Crippen molar-refractivity contribution >= 4 is 10.0 Å². The quantitative estimate of drug-likeness (QED) is 0.825. The molecule has 0 amide bonds. The van der Waals surface area contributed by atoms with Crippen LogP contribution in [0.2, 0.25) is 0 Å². The summed E-state index contributed by atoms with van der Waals surface area (Å²) in [6.07, 6.45) is 2.16. The standard InChI is InChI=1S/C16H26N2O3S/c1-14-6-4-7-15(2)16(14)21-13-12-17-8-5-9-18(11-10-17)22(3,19)20/h4,6-7H,5,8-13H2,1-3H3. The fourth-order valence-electron chi connectivity index (χ4n) is 2.81. The maximum Gasteiger partial charge on any atom is 0.211 e. The molecule has 1 fully saturated rings. The number of hydrogen-bond donors (Lipinski definition) is 0. The summed E-state index contributed by atoms with van der Waals surface area (Å²) in [5.74, 6) is 0.968. The molecule has 1 aromatic rings. The van der Waals surface area contributed by atoms with E-state index >= 15 is 0 Å². The van der Waals surface area contributed by atoms with E-state index < -0.39 is 10.0 Å². The molecule has 22 heavy (non-hydrogen) atoms. The highest BCUT2D eigenvalue weighted by Gasteiger charge is 2.21. The molecule has 1 saturated heterocycles. The summed E-state index contributed by atoms with van der Waals surface area (Å²) in [5, 5.41) is 0. The van der Waals surface area contributed by atoms with Crippen LogP contribution in [-0.4, -0.2) is 63.2 Å². The Hall–Kier alpha value is -1.11. The van der Waals surface area contributed by atoms with E-state index in [4.69, 9.17) is 4.74 Å². The molecule has 1 aliphatic heterocycles. The highest BCUT2D eigenvalue weighted by Crippen LogP contribution is 2.22. The van der Waals surface area contributed by atoms with Crippen molar-refractivity contribution in [2.45, 2.75) is 20.3 Å². The first kappa shape index (κ1) is 17.2. The maximum atomic E-state index is 11.6. The number of hydrogen-bond acceptors (Lipinski definition) is 4. The lowest BCUT2D eigenvalue weighted by atomic mass is 10.1. The number of ether oxygens (including phenoxy) is 1. The predicted molar refractivity (Wildman–Crippen MR) is 88.9 cm³/mol. The largest absolute Gasteiger partial charge is 0.492 e. The second-order valence-electron chi connectivity index (χ2n) is 5.93. The third-order valence-corrected chi connectivity index (χ3v) is 5.38. The van der Waals surface area contributed by atoms with Gasteiger partial charge in [0.15, 0.2) is 0 Å². The van der Waals surface area contributed by atoms with Gasteiger partial charge in [-0.2, -0.15) is 0 Å². The van der Waals surface area contributed by atoms with Crippen molar-refractivity contribution in [1.29, 1.82) is 0 Å². The third-order valence-electron chi connectivity index (χ3n) is 4.08. The van der Waals surface area contributed by atoms with Gasteiger partial charge in [0.2, 0.25) is 10.0 Å². The van der Waals surface area contributed by atoms with E-state index in [0.717, 1.165) is 42.9 Å². The Morgan fingerprint density at radius 3 is 2.41 bits per heavy atom. The second-order valence-corrected chi connectivity index (χ2v) is 7.91. The van der Waals surface area contributed by atoms with Gasteiger partial charge in [0, 0.05) is 26.2 Å². The van der Waals surface area contributed by atoms with Crippen LogP contribution in [0.25, 0.3) is 0 Å². The van der Waals surface area contributed by atoms with Crippen LogP contribution in [0.5, 0.6) is 5.75 Å². The number of rotatable bonds is 5. The highest BCUT2D eigenvalue weighted by atomic mass is 32.2. The molecule has 1 aliphatic rings. The van der Waals surface area contributed by atoms with Crippen molar-refractivity contribution in [3.8, 4) is 5.75 Å². The van der Waals surface area contributed by atoms with Gasteiger partial charge in [-0.25, -0.2) is 12.7 Å². The van der Waals surface area contributed by atoms with Gasteiger partial charge in [-0.3, -0.25) is 4.90 Å². The molecule has 0 atom stereocenters. The van der Waals surface area contributed by atoms with E-state index in [-0.39, 0.29) is 0 Å². The molecular formula is C16H26N2O3S. The smallest absolute Gasteiger partial charge is 0.211 e. The van der Waals surface area contributed by atoms with E-state index in [1.54, 1.807) is 4.31 Å². The van der Waals surface area contributed by atoms with E-state index in [1.165, 1.54) is 6.26 Å². The molecule has 124 valence electrons. The average Bonchev–Trinajstić information content (AvgIpc) is 2.67. The molecule has 0 unspecified atom stereocenters. The normalized spacial score (nSPS) is 18.1. The minimum atomic E-state index is -3.07. The van der Waals surface area contributed by atoms with Crippen LogP contribution in [0.4, 0.5) is 0 Å². The zero-order valence-electron chi connectivity index (χ0n) is 13.7. The molecule has 0 N–H and O–H groups in total. The first-order valence-electron chi connectivity index (χ1n) is 7.74. The Bertz CT molecular complexity index is 581. The van der Waals surface area contributed by atoms with Crippen molar-refractivity contribution in [2.24, 2.45) is 0 Å². The highest BCUT2D eigenvalue weighted by molar-refractivity contribution is 7.88. The number of para-hydroxylation sites is 1. The summed E-state index contributed by atoms with van der Waals surface area (Å²) in [5.41, 5.74) is 2.30. The first-order chi connectivity index (χ1) is 10.4. The van der Waals surface area contributed by atoms with Gasteiger partial charge in [-0.05, 0) is 37.9 Å². The van der Waals surface area contributed by atoms with Crippen molar-refractivity contribution in [3.05, 3.63) is 29.3 Å². The molecule has 2 rings (SSSR count). The summed E-state index contributed by atoms with van der Waals surface area (Å²) in [6, 6.07) is 6.14. The molecular weight excluding hydrogens is 300 g/mol. The average molecular weight is 326 g/mol. The van der Waals surface area contributed by atoms with E-state index in [9.17, 15) is 8.42 Å². The maximum absolute atomic E-state index is 11.6. The SMILES string of the molecule is Cc1cccc(C)c1OCCN1CCCN(S(C)(=O)=O)CC1. The molecule has 0 bridgehead atoms. The van der Waals surface area contributed by atoms with Crippen LogP contribution < -0.4 is 4.74 Å². The van der Waals surface area contributed by atoms with Gasteiger partial charge in [0.05, 0.1) is 6.26 Å². The Morgan fingerprint density at radius 2 is 1.77 bits per heavy atom. The number of benzene rings is 1. The summed E-state index contributed by atoms with van der Waals surface area (Å²) >= 11 is 0. The van der Waals surface area contributed by atoms with E-state index in [1.807, 2.05) is 6.07 Å². The Balaban J connectivity index is 1.83. The fourth-order valence-corrected chi connectivity index (χ4v) is 3.68. The third kappa shape index (κ3) is 4.69. The van der Waals surface area contributed by atoms with Crippen LogP contribution in [-0.2, 0) is 10.0 Å². The van der Waals surface area contributed by atoms with E-state index in [2.05, 4.69) is 30.9 Å². The zero-order valence-corrected chi connectivity index (χ0v) is 14.5. The van der Waals surface area contributed by atoms with Crippen LogP contribution in [0, 0.1) is 13.8 Å². The summed E-state index contributed by atoms with van der Waals surface area (Å²) in [6.45, 7) is 8.44. The van der Waals surface area contributed by atoms with Gasteiger partial charge in [0.1, 0.15) is 12.4 Å². The summed E-state index contributed by atoms with van der Waals surface area (Å²) in [7, 11) is -3.07. The topological polar surface area (TPSA) is 49.9 Å². The summed E-state index contributed by atoms with van der Waals surface area (Å²) < 4.78 is 30.7. The molecule has 0 spiro atoms. The second kappa shape index (κ2) is 7.44. The molecule has 5 nitrogen and oxygen atoms in total. The van der Waals surface area contributed by atoms with Crippen molar-refractivity contribution in [2.75, 3.05) is 45.6 Å². The lowest BCUT2D eigenvalue weighted by molar-refractivity contribution is 0.214. The van der Waals surface area contributed by atoms with Crippen LogP contribution >= 0.6 is 0 Å². The molecule has 0 saturated carbocycles. The lowest BCUT2D eigenvalue weighted by Crippen LogP contribution is -2.35. The molecule has 6 heteroatoms. The predicted octanol–water partition coefficient (Wildman–Crippen LogP) is 1.65. The minimum absolute atomic E-state index is 0.572. The van der Waals surface area contributed by atoms with Gasteiger partial charge < -0.3 is 4.74 Å². The Labute approximate surface area is 133 Å². The molecule has 1 aromatic carbocycles.